The Morgan fingerprint density at radius 2 is 1.76 bits per heavy atom. The summed E-state index contributed by atoms with van der Waals surface area (Å²) in [7, 11) is 0. The van der Waals surface area contributed by atoms with Gasteiger partial charge in [0.1, 0.15) is 16.8 Å². The molecule has 0 saturated heterocycles. The number of aromatic nitrogens is 2. The van der Waals surface area contributed by atoms with E-state index in [9.17, 15) is 8.78 Å². The Balaban J connectivity index is 1.56. The first-order valence-corrected chi connectivity index (χ1v) is 10.3. The third-order valence-electron chi connectivity index (χ3n) is 5.31. The number of nitrogens with one attached hydrogen (secondary N) is 1. The Labute approximate surface area is 193 Å². The maximum absolute atomic E-state index is 14.6. The molecule has 1 aromatic heterocycles. The number of nitrogens with zero attached hydrogens (tertiary/aromatic N) is 4. The van der Waals surface area contributed by atoms with Crippen LogP contribution in [0.1, 0.15) is 22.4 Å². The topological polar surface area (TPSA) is 74.0 Å². The molecule has 1 aliphatic carbocycles. The molecule has 8 heteroatoms. The summed E-state index contributed by atoms with van der Waals surface area (Å²) in [5.74, 6) is -1.04. The first-order valence-electron chi connectivity index (χ1n) is 9.97. The van der Waals surface area contributed by atoms with Crippen molar-refractivity contribution in [2.24, 2.45) is 4.99 Å². The van der Waals surface area contributed by atoms with E-state index in [1.807, 2.05) is 6.08 Å². The van der Waals surface area contributed by atoms with Crippen LogP contribution in [0.4, 0.5) is 20.4 Å². The van der Waals surface area contributed by atoms with Crippen LogP contribution in [0.15, 0.2) is 77.6 Å². The molecule has 1 N–H and O–H groups in total. The van der Waals surface area contributed by atoms with Crippen LogP contribution in [0.3, 0.4) is 0 Å². The second kappa shape index (κ2) is 8.41. The van der Waals surface area contributed by atoms with Gasteiger partial charge in [-0.25, -0.2) is 23.7 Å². The zero-order valence-electron chi connectivity index (χ0n) is 17.0. The molecule has 2 aliphatic rings. The quantitative estimate of drug-likeness (QED) is 0.529. The minimum absolute atomic E-state index is 0.0991. The summed E-state index contributed by atoms with van der Waals surface area (Å²) in [6.07, 6.45) is 7.05. The van der Waals surface area contributed by atoms with Crippen molar-refractivity contribution >= 4 is 39.6 Å². The summed E-state index contributed by atoms with van der Waals surface area (Å²) in [5, 5.41) is 12.2. The van der Waals surface area contributed by atoms with Crippen LogP contribution in [0.5, 0.6) is 0 Å². The van der Waals surface area contributed by atoms with Gasteiger partial charge >= 0.3 is 0 Å². The fourth-order valence-electron chi connectivity index (χ4n) is 3.76. The molecular formula is C25H14ClF2N5. The van der Waals surface area contributed by atoms with E-state index in [1.165, 1.54) is 24.3 Å². The van der Waals surface area contributed by atoms with Gasteiger partial charge in [-0.2, -0.15) is 5.26 Å². The third-order valence-corrected chi connectivity index (χ3v) is 5.52. The summed E-state index contributed by atoms with van der Waals surface area (Å²) < 4.78 is 29.3. The molecule has 2 heterocycles. The molecule has 0 radical (unpaired) electrons. The molecule has 160 valence electrons. The molecule has 0 unspecified atom stereocenters. The number of halogens is 3. The summed E-state index contributed by atoms with van der Waals surface area (Å²) in [6, 6.07) is 12.7. The zero-order valence-corrected chi connectivity index (χ0v) is 17.7. The average Bonchev–Trinajstić information content (AvgIpc) is 2.98. The predicted octanol–water partition coefficient (Wildman–Crippen LogP) is 5.93. The number of hydrogen-bond acceptors (Lipinski definition) is 5. The van der Waals surface area contributed by atoms with Gasteiger partial charge in [0.25, 0.3) is 0 Å². The summed E-state index contributed by atoms with van der Waals surface area (Å²) in [4.78, 5) is 13.2. The highest BCUT2D eigenvalue weighted by Gasteiger charge is 2.27. The lowest BCUT2D eigenvalue weighted by Crippen LogP contribution is -2.10. The number of anilines is 2. The van der Waals surface area contributed by atoms with Gasteiger partial charge in [-0.15, -0.1) is 0 Å². The number of hydrogen-bond donors (Lipinski definition) is 1. The Bertz CT molecular complexity index is 1430. The Morgan fingerprint density at radius 1 is 1.00 bits per heavy atom. The maximum Gasteiger partial charge on any atom is 0.227 e. The molecule has 1 aliphatic heterocycles. The van der Waals surface area contributed by atoms with Crippen molar-refractivity contribution in [2.45, 2.75) is 6.42 Å². The highest BCUT2D eigenvalue weighted by atomic mass is 35.5. The lowest BCUT2D eigenvalue weighted by atomic mass is 9.84. The van der Waals surface area contributed by atoms with Gasteiger partial charge in [0.2, 0.25) is 5.95 Å². The van der Waals surface area contributed by atoms with Gasteiger partial charge < -0.3 is 5.32 Å². The first-order chi connectivity index (χ1) is 16.0. The number of allylic oxidation sites excluding steroid dienone is 5. The molecule has 0 saturated carbocycles. The molecule has 0 atom stereocenters. The van der Waals surface area contributed by atoms with Crippen molar-refractivity contribution in [3.8, 4) is 6.07 Å². The molecule has 0 spiro atoms. The van der Waals surface area contributed by atoms with E-state index in [2.05, 4.69) is 26.3 Å². The number of fused-ring (bicyclic) bond motifs is 3. The molecular weight excluding hydrogens is 444 g/mol. The van der Waals surface area contributed by atoms with Crippen molar-refractivity contribution in [3.63, 3.8) is 0 Å². The molecule has 3 aromatic rings. The van der Waals surface area contributed by atoms with Crippen LogP contribution in [-0.2, 0) is 6.42 Å². The van der Waals surface area contributed by atoms with Crippen molar-refractivity contribution < 1.29 is 8.78 Å². The van der Waals surface area contributed by atoms with Crippen LogP contribution in [0, 0.1) is 23.0 Å². The van der Waals surface area contributed by atoms with Crippen LogP contribution >= 0.6 is 11.6 Å². The van der Waals surface area contributed by atoms with Crippen LogP contribution in [0.2, 0.25) is 0 Å². The van der Waals surface area contributed by atoms with Crippen molar-refractivity contribution in [2.75, 3.05) is 5.32 Å². The van der Waals surface area contributed by atoms with E-state index < -0.39 is 11.6 Å². The number of aliphatic imine (C=N–C) groups is 1. The Morgan fingerprint density at radius 3 is 2.48 bits per heavy atom. The molecule has 5 rings (SSSR count). The van der Waals surface area contributed by atoms with E-state index in [0.717, 1.165) is 5.56 Å². The lowest BCUT2D eigenvalue weighted by molar-refractivity contribution is 0.577. The van der Waals surface area contributed by atoms with Gasteiger partial charge in [0.05, 0.1) is 22.9 Å². The molecule has 0 amide bonds. The van der Waals surface area contributed by atoms with Gasteiger partial charge in [-0.05, 0) is 60.0 Å². The molecule has 33 heavy (non-hydrogen) atoms. The van der Waals surface area contributed by atoms with E-state index in [4.69, 9.17) is 16.9 Å². The normalized spacial score (nSPS) is 14.5. The van der Waals surface area contributed by atoms with Gasteiger partial charge in [0, 0.05) is 29.2 Å². The number of nitriles is 1. The smallest absolute Gasteiger partial charge is 0.227 e. The summed E-state index contributed by atoms with van der Waals surface area (Å²) in [5.41, 5.74) is 4.01. The number of rotatable bonds is 3. The predicted molar refractivity (Wildman–Crippen MR) is 124 cm³/mol. The van der Waals surface area contributed by atoms with E-state index >= 15 is 0 Å². The van der Waals surface area contributed by atoms with Gasteiger partial charge in [-0.3, -0.25) is 0 Å². The van der Waals surface area contributed by atoms with Crippen LogP contribution < -0.4 is 5.32 Å². The maximum atomic E-state index is 14.6. The lowest BCUT2D eigenvalue weighted by Gasteiger charge is -2.22. The molecule has 2 aromatic carbocycles. The van der Waals surface area contributed by atoms with Crippen molar-refractivity contribution in [1.29, 1.82) is 5.26 Å². The molecule has 0 fully saturated rings. The first kappa shape index (κ1) is 20.7. The minimum Gasteiger partial charge on any atom is -0.324 e. The SMILES string of the molecule is N#Cc1ccc(Nc2ncc3c(n2)C2=CN=C(Cl)C=C(c4c(F)cccc4F)C2=CC3)cc1. The summed E-state index contributed by atoms with van der Waals surface area (Å²) in [6.45, 7) is 0. The monoisotopic (exact) mass is 457 g/mol. The Kier molecular flexibility index (Phi) is 5.29. The average molecular weight is 458 g/mol. The molecule has 5 nitrogen and oxygen atoms in total. The van der Waals surface area contributed by atoms with E-state index in [0.29, 0.717) is 46.0 Å². The van der Waals surface area contributed by atoms with Gasteiger partial charge in [-0.1, -0.05) is 23.7 Å². The van der Waals surface area contributed by atoms with Gasteiger partial charge in [0.15, 0.2) is 0 Å². The highest BCUT2D eigenvalue weighted by molar-refractivity contribution is 6.69. The minimum atomic E-state index is -0.690. The largest absolute Gasteiger partial charge is 0.324 e. The van der Waals surface area contributed by atoms with Crippen molar-refractivity contribution in [1.82, 2.24) is 9.97 Å². The van der Waals surface area contributed by atoms with Crippen LogP contribution in [0.25, 0.3) is 11.1 Å². The fourth-order valence-corrected chi connectivity index (χ4v) is 3.92. The van der Waals surface area contributed by atoms with Crippen LogP contribution in [-0.4, -0.2) is 15.1 Å². The highest BCUT2D eigenvalue weighted by Crippen LogP contribution is 2.41. The summed E-state index contributed by atoms with van der Waals surface area (Å²) >= 11 is 6.21. The second-order valence-corrected chi connectivity index (χ2v) is 7.74. The molecule has 0 bridgehead atoms. The Hall–Kier alpha value is -4.15. The second-order valence-electron chi connectivity index (χ2n) is 7.35. The number of benzene rings is 2. The van der Waals surface area contributed by atoms with E-state index in [-0.39, 0.29) is 10.7 Å². The van der Waals surface area contributed by atoms with Crippen molar-refractivity contribution in [3.05, 3.63) is 107 Å². The fraction of sp³-hybridized carbons (Fsp3) is 0.0400. The standard InChI is InChI=1S/C25H14ClF2N5/c26-22-10-18(23-20(27)2-1-3-21(23)28)17-9-6-15-12-31-25(33-24(15)19(17)13-30-22)32-16-7-4-14(11-29)5-8-16/h1-5,7-10,12-13H,6H2,(H,31,32,33). The van der Waals surface area contributed by atoms with E-state index in [1.54, 1.807) is 36.7 Å². The zero-order chi connectivity index (χ0) is 22.9. The third kappa shape index (κ3) is 3.93.